The molecule has 20 heavy (non-hydrogen) atoms. The topological polar surface area (TPSA) is 59.6 Å². The third kappa shape index (κ3) is 5.36. The number of hydrogen-bond donors (Lipinski definition) is 2. The number of halogens is 1. The predicted molar refractivity (Wildman–Crippen MR) is 77.2 cm³/mol. The first-order chi connectivity index (χ1) is 9.74. The fraction of sp³-hybridized carbons (Fsp3) is 0.500. The monoisotopic (exact) mass is 298 g/mol. The molecule has 1 fully saturated rings. The van der Waals surface area contributed by atoms with Crippen LogP contribution < -0.4 is 15.4 Å². The molecule has 0 spiro atoms. The maximum atomic E-state index is 11.7. The van der Waals surface area contributed by atoms with Gasteiger partial charge in [-0.05, 0) is 24.3 Å². The Morgan fingerprint density at radius 3 is 2.95 bits per heavy atom. The Bertz CT molecular complexity index is 419. The minimum Gasteiger partial charge on any atom is -0.492 e. The Kier molecular flexibility index (Phi) is 6.11. The number of carbonyl (C=O) groups excluding carboxylic acids is 1. The van der Waals surface area contributed by atoms with E-state index in [-0.39, 0.29) is 11.9 Å². The van der Waals surface area contributed by atoms with Crippen molar-refractivity contribution in [2.75, 3.05) is 32.9 Å². The van der Waals surface area contributed by atoms with Crippen molar-refractivity contribution in [3.05, 3.63) is 29.3 Å². The van der Waals surface area contributed by atoms with E-state index in [1.165, 1.54) is 0 Å². The van der Waals surface area contributed by atoms with Crippen LogP contribution in [0.25, 0.3) is 0 Å². The molecule has 0 bridgehead atoms. The van der Waals surface area contributed by atoms with E-state index >= 15 is 0 Å². The lowest BCUT2D eigenvalue weighted by atomic mass is 10.2. The molecule has 1 aromatic rings. The summed E-state index contributed by atoms with van der Waals surface area (Å²) in [5.41, 5.74) is 0. The van der Waals surface area contributed by atoms with Crippen molar-refractivity contribution in [3.8, 4) is 5.75 Å². The summed E-state index contributed by atoms with van der Waals surface area (Å²) in [5, 5.41) is 6.74. The molecule has 0 saturated carbocycles. The summed E-state index contributed by atoms with van der Waals surface area (Å²) in [4.78, 5) is 11.7. The highest BCUT2D eigenvalue weighted by atomic mass is 35.5. The third-order valence-corrected chi connectivity index (χ3v) is 3.19. The van der Waals surface area contributed by atoms with Crippen molar-refractivity contribution in [2.24, 2.45) is 0 Å². The molecule has 6 heteroatoms. The molecule has 0 aliphatic carbocycles. The van der Waals surface area contributed by atoms with Gasteiger partial charge in [0, 0.05) is 24.0 Å². The number of ether oxygens (including phenoxy) is 2. The van der Waals surface area contributed by atoms with Crippen LogP contribution >= 0.6 is 11.6 Å². The fourth-order valence-corrected chi connectivity index (χ4v) is 2.06. The summed E-state index contributed by atoms with van der Waals surface area (Å²) in [6.07, 6.45) is 0.431. The van der Waals surface area contributed by atoms with Gasteiger partial charge in [0.15, 0.2) is 0 Å². The molecule has 2 N–H and O–H groups in total. The van der Waals surface area contributed by atoms with Crippen LogP contribution in [0.2, 0.25) is 5.02 Å². The molecule has 1 amide bonds. The van der Waals surface area contributed by atoms with E-state index in [1.54, 1.807) is 24.3 Å². The second-order valence-corrected chi connectivity index (χ2v) is 5.02. The van der Waals surface area contributed by atoms with E-state index in [9.17, 15) is 4.79 Å². The van der Waals surface area contributed by atoms with Crippen molar-refractivity contribution < 1.29 is 14.3 Å². The zero-order valence-electron chi connectivity index (χ0n) is 11.2. The smallest absolute Gasteiger partial charge is 0.221 e. The molecule has 110 valence electrons. The second-order valence-electron chi connectivity index (χ2n) is 4.58. The number of carbonyl (C=O) groups is 1. The van der Waals surface area contributed by atoms with Crippen molar-refractivity contribution in [3.63, 3.8) is 0 Å². The van der Waals surface area contributed by atoms with Gasteiger partial charge in [0.25, 0.3) is 0 Å². The van der Waals surface area contributed by atoms with Crippen LogP contribution in [0.15, 0.2) is 24.3 Å². The number of amides is 1. The molecule has 2 rings (SSSR count). The molecule has 0 aromatic heterocycles. The zero-order valence-corrected chi connectivity index (χ0v) is 12.0. The Hall–Kier alpha value is -1.30. The first-order valence-corrected chi connectivity index (χ1v) is 7.08. The molecular weight excluding hydrogens is 280 g/mol. The quantitative estimate of drug-likeness (QED) is 0.775. The summed E-state index contributed by atoms with van der Waals surface area (Å²) in [6.45, 7) is 3.02. The van der Waals surface area contributed by atoms with Crippen LogP contribution in [-0.2, 0) is 9.53 Å². The van der Waals surface area contributed by atoms with Crippen molar-refractivity contribution >= 4 is 17.5 Å². The van der Waals surface area contributed by atoms with E-state index in [0.717, 1.165) is 12.3 Å². The van der Waals surface area contributed by atoms with Crippen molar-refractivity contribution in [1.29, 1.82) is 0 Å². The number of nitrogens with one attached hydrogen (secondary N) is 2. The Labute approximate surface area is 123 Å². The number of morpholine rings is 1. The third-order valence-electron chi connectivity index (χ3n) is 2.94. The van der Waals surface area contributed by atoms with E-state index in [2.05, 4.69) is 10.6 Å². The van der Waals surface area contributed by atoms with Gasteiger partial charge in [-0.2, -0.15) is 0 Å². The molecule has 0 radical (unpaired) electrons. The summed E-state index contributed by atoms with van der Waals surface area (Å²) >= 11 is 5.78. The van der Waals surface area contributed by atoms with E-state index in [1.807, 2.05) is 0 Å². The highest BCUT2D eigenvalue weighted by molar-refractivity contribution is 6.30. The SMILES string of the molecule is O=C(CC1COCCN1)NCCOc1ccc(Cl)cc1. The normalized spacial score (nSPS) is 18.6. The minimum atomic E-state index is 0.00714. The van der Waals surface area contributed by atoms with Gasteiger partial charge >= 0.3 is 0 Å². The maximum Gasteiger partial charge on any atom is 0.221 e. The van der Waals surface area contributed by atoms with Gasteiger partial charge in [-0.3, -0.25) is 4.79 Å². The van der Waals surface area contributed by atoms with Gasteiger partial charge in [-0.15, -0.1) is 0 Å². The van der Waals surface area contributed by atoms with Crippen LogP contribution in [0, 0.1) is 0 Å². The lowest BCUT2D eigenvalue weighted by molar-refractivity contribution is -0.122. The zero-order chi connectivity index (χ0) is 14.2. The lowest BCUT2D eigenvalue weighted by Crippen LogP contribution is -2.44. The van der Waals surface area contributed by atoms with E-state index in [0.29, 0.717) is 37.8 Å². The Morgan fingerprint density at radius 2 is 2.25 bits per heavy atom. The molecule has 1 aliphatic heterocycles. The van der Waals surface area contributed by atoms with Crippen LogP contribution in [0.3, 0.4) is 0 Å². The van der Waals surface area contributed by atoms with Gasteiger partial charge < -0.3 is 20.1 Å². The summed E-state index contributed by atoms with van der Waals surface area (Å²) in [7, 11) is 0. The van der Waals surface area contributed by atoms with Gasteiger partial charge in [0.1, 0.15) is 12.4 Å². The maximum absolute atomic E-state index is 11.7. The average molecular weight is 299 g/mol. The van der Waals surface area contributed by atoms with Crippen LogP contribution in [0.4, 0.5) is 0 Å². The molecule has 1 unspecified atom stereocenters. The second kappa shape index (κ2) is 8.09. The van der Waals surface area contributed by atoms with Gasteiger partial charge in [0.2, 0.25) is 5.91 Å². The largest absolute Gasteiger partial charge is 0.492 e. The number of rotatable bonds is 6. The van der Waals surface area contributed by atoms with E-state index in [4.69, 9.17) is 21.1 Å². The van der Waals surface area contributed by atoms with Crippen molar-refractivity contribution in [1.82, 2.24) is 10.6 Å². The predicted octanol–water partition coefficient (Wildman–Crippen LogP) is 1.21. The molecular formula is C14H19ClN2O3. The highest BCUT2D eigenvalue weighted by Gasteiger charge is 2.16. The lowest BCUT2D eigenvalue weighted by Gasteiger charge is -2.23. The minimum absolute atomic E-state index is 0.00714. The van der Waals surface area contributed by atoms with Gasteiger partial charge in [-0.1, -0.05) is 11.6 Å². The molecule has 5 nitrogen and oxygen atoms in total. The molecule has 1 aliphatic rings. The Morgan fingerprint density at radius 1 is 1.45 bits per heavy atom. The fourth-order valence-electron chi connectivity index (χ4n) is 1.94. The molecule has 1 atom stereocenters. The first-order valence-electron chi connectivity index (χ1n) is 6.70. The first kappa shape index (κ1) is 15.1. The molecule has 1 aromatic carbocycles. The van der Waals surface area contributed by atoms with Crippen molar-refractivity contribution in [2.45, 2.75) is 12.5 Å². The van der Waals surface area contributed by atoms with Gasteiger partial charge in [-0.25, -0.2) is 0 Å². The molecule has 1 saturated heterocycles. The number of hydrogen-bond acceptors (Lipinski definition) is 4. The summed E-state index contributed by atoms with van der Waals surface area (Å²) in [6, 6.07) is 7.25. The Balaban J connectivity index is 1.58. The summed E-state index contributed by atoms with van der Waals surface area (Å²) < 4.78 is 10.8. The summed E-state index contributed by atoms with van der Waals surface area (Å²) in [5.74, 6) is 0.749. The van der Waals surface area contributed by atoms with Gasteiger partial charge in [0.05, 0.1) is 19.8 Å². The van der Waals surface area contributed by atoms with Crippen LogP contribution in [0.5, 0.6) is 5.75 Å². The van der Waals surface area contributed by atoms with Crippen LogP contribution in [-0.4, -0.2) is 44.9 Å². The highest BCUT2D eigenvalue weighted by Crippen LogP contribution is 2.15. The average Bonchev–Trinajstić information content (AvgIpc) is 2.46. The van der Waals surface area contributed by atoms with E-state index < -0.39 is 0 Å². The molecule has 1 heterocycles. The standard InChI is InChI=1S/C14H19ClN2O3/c15-11-1-3-13(4-2-11)20-8-6-17-14(18)9-12-10-19-7-5-16-12/h1-4,12,16H,5-10H2,(H,17,18). The van der Waals surface area contributed by atoms with Crippen LogP contribution in [0.1, 0.15) is 6.42 Å². The number of benzene rings is 1.